The number of benzene rings is 1. The molecule has 6 heteroatoms. The smallest absolute Gasteiger partial charge is 0.260 e. The highest BCUT2D eigenvalue weighted by Crippen LogP contribution is 2.34. The fraction of sp³-hybridized carbons (Fsp3) is 0.682. The summed E-state index contributed by atoms with van der Waals surface area (Å²) >= 11 is 0. The van der Waals surface area contributed by atoms with Crippen molar-refractivity contribution in [2.75, 3.05) is 39.3 Å². The molecule has 1 N–H and O–H groups in total. The molecule has 1 aliphatic carbocycles. The van der Waals surface area contributed by atoms with Crippen LogP contribution in [0.2, 0.25) is 0 Å². The number of amides is 1. The fourth-order valence-electron chi connectivity index (χ4n) is 4.52. The number of carbonyl (C=O) groups is 1. The van der Waals surface area contributed by atoms with Crippen molar-refractivity contribution in [3.8, 4) is 5.75 Å². The van der Waals surface area contributed by atoms with E-state index in [9.17, 15) is 9.18 Å². The number of hydrogen-bond acceptors (Lipinski definition) is 4. The summed E-state index contributed by atoms with van der Waals surface area (Å²) in [6, 6.07) is 5.78. The summed E-state index contributed by atoms with van der Waals surface area (Å²) in [6.07, 6.45) is 5.42. The van der Waals surface area contributed by atoms with Gasteiger partial charge in [0.05, 0.1) is 0 Å². The summed E-state index contributed by atoms with van der Waals surface area (Å²) in [5.74, 6) is 0.0837. The van der Waals surface area contributed by atoms with Crippen LogP contribution in [0, 0.1) is 5.82 Å². The van der Waals surface area contributed by atoms with Crippen molar-refractivity contribution in [1.29, 1.82) is 0 Å². The maximum atomic E-state index is 13.0. The molecule has 1 aromatic rings. The monoisotopic (exact) mass is 391 g/mol. The highest BCUT2D eigenvalue weighted by Gasteiger charge is 2.39. The number of carbonyl (C=O) groups excluding carboxylic acids is 1. The van der Waals surface area contributed by atoms with Crippen molar-refractivity contribution in [1.82, 2.24) is 15.1 Å². The number of nitrogens with zero attached hydrogens (tertiary/aromatic N) is 2. The van der Waals surface area contributed by atoms with Crippen LogP contribution in [0.25, 0.3) is 0 Å². The van der Waals surface area contributed by atoms with Crippen LogP contribution >= 0.6 is 0 Å². The van der Waals surface area contributed by atoms with Crippen LogP contribution in [0.4, 0.5) is 4.39 Å². The van der Waals surface area contributed by atoms with Crippen LogP contribution in [0.15, 0.2) is 24.3 Å². The number of nitrogens with one attached hydrogen (secondary N) is 1. The van der Waals surface area contributed by atoms with Gasteiger partial charge >= 0.3 is 0 Å². The van der Waals surface area contributed by atoms with Gasteiger partial charge in [-0.3, -0.25) is 9.69 Å². The minimum Gasteiger partial charge on any atom is -0.481 e. The molecule has 1 amide bonds. The van der Waals surface area contributed by atoms with E-state index in [0.717, 1.165) is 45.6 Å². The summed E-state index contributed by atoms with van der Waals surface area (Å²) in [5.41, 5.74) is 0.0728. The molecule has 0 spiro atoms. The molecule has 1 aromatic carbocycles. The van der Waals surface area contributed by atoms with Crippen molar-refractivity contribution in [3.63, 3.8) is 0 Å². The normalized spacial score (nSPS) is 21.8. The van der Waals surface area contributed by atoms with Gasteiger partial charge in [-0.1, -0.05) is 26.2 Å². The van der Waals surface area contributed by atoms with Crippen molar-refractivity contribution in [2.45, 2.75) is 57.6 Å². The van der Waals surface area contributed by atoms with Crippen molar-refractivity contribution in [3.05, 3.63) is 30.1 Å². The van der Waals surface area contributed by atoms with E-state index < -0.39 is 6.10 Å². The second kappa shape index (κ2) is 9.70. The molecular weight excluding hydrogens is 357 g/mol. The van der Waals surface area contributed by atoms with E-state index in [2.05, 4.69) is 22.0 Å². The van der Waals surface area contributed by atoms with E-state index >= 15 is 0 Å². The average Bonchev–Trinajstić information content (AvgIpc) is 2.74. The zero-order valence-electron chi connectivity index (χ0n) is 17.3. The Morgan fingerprint density at radius 2 is 1.79 bits per heavy atom. The molecule has 0 unspecified atom stereocenters. The molecule has 1 aliphatic heterocycles. The number of ether oxygens (including phenoxy) is 1. The molecule has 1 saturated heterocycles. The summed E-state index contributed by atoms with van der Waals surface area (Å²) in [7, 11) is 0. The first-order valence-corrected chi connectivity index (χ1v) is 10.7. The fourth-order valence-corrected chi connectivity index (χ4v) is 4.52. The van der Waals surface area contributed by atoms with E-state index in [1.54, 1.807) is 19.1 Å². The average molecular weight is 392 g/mol. The maximum Gasteiger partial charge on any atom is 0.260 e. The van der Waals surface area contributed by atoms with Crippen LogP contribution in [0.3, 0.4) is 0 Å². The Bertz CT molecular complexity index is 623. The molecule has 3 rings (SSSR count). The van der Waals surface area contributed by atoms with Crippen molar-refractivity contribution in [2.24, 2.45) is 0 Å². The van der Waals surface area contributed by atoms with Crippen LogP contribution < -0.4 is 10.1 Å². The first-order chi connectivity index (χ1) is 13.5. The van der Waals surface area contributed by atoms with Gasteiger partial charge in [0, 0.05) is 38.3 Å². The van der Waals surface area contributed by atoms with Crippen molar-refractivity contribution < 1.29 is 13.9 Å². The third kappa shape index (κ3) is 5.23. The largest absolute Gasteiger partial charge is 0.481 e. The Kier molecular flexibility index (Phi) is 7.30. The Labute approximate surface area is 168 Å². The van der Waals surface area contributed by atoms with Gasteiger partial charge in [-0.25, -0.2) is 4.39 Å². The van der Waals surface area contributed by atoms with Gasteiger partial charge in [0.1, 0.15) is 11.6 Å². The van der Waals surface area contributed by atoms with Gasteiger partial charge < -0.3 is 15.0 Å². The molecule has 0 radical (unpaired) electrons. The standard InChI is InChI=1S/C22H34FN3O2/c1-3-25-13-15-26(16-14-25)22(11-5-4-6-12-22)17-24-21(27)18(2)28-20-9-7-19(23)8-10-20/h7-10,18H,3-6,11-17H2,1-2H3,(H,24,27)/t18-/m0/s1. The Morgan fingerprint density at radius 3 is 2.39 bits per heavy atom. The molecule has 2 fully saturated rings. The van der Waals surface area contributed by atoms with Gasteiger partial charge in [-0.15, -0.1) is 0 Å². The SMILES string of the molecule is CCN1CCN(C2(CNC(=O)[C@H](C)Oc3ccc(F)cc3)CCCCC2)CC1. The summed E-state index contributed by atoms with van der Waals surface area (Å²) < 4.78 is 18.7. The zero-order valence-corrected chi connectivity index (χ0v) is 17.3. The van der Waals surface area contributed by atoms with Crippen LogP contribution in [0.5, 0.6) is 5.75 Å². The molecule has 1 heterocycles. The molecule has 0 bridgehead atoms. The van der Waals surface area contributed by atoms with E-state index in [0.29, 0.717) is 12.3 Å². The van der Waals surface area contributed by atoms with Gasteiger partial charge in [0.25, 0.3) is 5.91 Å². The quantitative estimate of drug-likeness (QED) is 0.776. The third-order valence-electron chi connectivity index (χ3n) is 6.36. The van der Waals surface area contributed by atoms with Gasteiger partial charge in [-0.2, -0.15) is 0 Å². The number of piperazine rings is 1. The van der Waals surface area contributed by atoms with Crippen LogP contribution in [0.1, 0.15) is 46.0 Å². The Morgan fingerprint density at radius 1 is 1.14 bits per heavy atom. The lowest BCUT2D eigenvalue weighted by Crippen LogP contribution is -2.62. The lowest BCUT2D eigenvalue weighted by molar-refractivity contribution is -0.128. The van der Waals surface area contributed by atoms with Gasteiger partial charge in [0.15, 0.2) is 6.10 Å². The van der Waals surface area contributed by atoms with E-state index in [-0.39, 0.29) is 17.3 Å². The number of likely N-dealkylation sites (N-methyl/N-ethyl adjacent to an activating group) is 1. The van der Waals surface area contributed by atoms with Gasteiger partial charge in [0.2, 0.25) is 0 Å². The molecule has 0 aromatic heterocycles. The summed E-state index contributed by atoms with van der Waals surface area (Å²) in [5, 5.41) is 3.15. The molecule has 156 valence electrons. The molecule has 1 atom stereocenters. The first kappa shape index (κ1) is 21.1. The number of rotatable bonds is 7. The van der Waals surface area contributed by atoms with Crippen LogP contribution in [-0.4, -0.2) is 66.6 Å². The lowest BCUT2D eigenvalue weighted by atomic mass is 9.79. The van der Waals surface area contributed by atoms with E-state index in [1.165, 1.54) is 31.4 Å². The van der Waals surface area contributed by atoms with E-state index in [4.69, 9.17) is 4.74 Å². The number of halogens is 1. The van der Waals surface area contributed by atoms with Crippen molar-refractivity contribution >= 4 is 5.91 Å². The first-order valence-electron chi connectivity index (χ1n) is 10.7. The molecule has 28 heavy (non-hydrogen) atoms. The highest BCUT2D eigenvalue weighted by atomic mass is 19.1. The lowest BCUT2D eigenvalue weighted by Gasteiger charge is -2.50. The predicted octanol–water partition coefficient (Wildman–Crippen LogP) is 3.05. The van der Waals surface area contributed by atoms with Gasteiger partial charge in [-0.05, 0) is 50.6 Å². The topological polar surface area (TPSA) is 44.8 Å². The second-order valence-corrected chi connectivity index (χ2v) is 8.14. The Balaban J connectivity index is 1.57. The Hall–Kier alpha value is -1.66. The molecule has 2 aliphatic rings. The second-order valence-electron chi connectivity index (χ2n) is 8.14. The molecule has 5 nitrogen and oxygen atoms in total. The summed E-state index contributed by atoms with van der Waals surface area (Å²) in [6.45, 7) is 10.1. The minimum atomic E-state index is -0.608. The zero-order chi connectivity index (χ0) is 20.0. The summed E-state index contributed by atoms with van der Waals surface area (Å²) in [4.78, 5) is 17.7. The molecular formula is C22H34FN3O2. The highest BCUT2D eigenvalue weighted by molar-refractivity contribution is 5.80. The maximum absolute atomic E-state index is 13.0. The third-order valence-corrected chi connectivity index (χ3v) is 6.36. The van der Waals surface area contributed by atoms with E-state index in [1.807, 2.05) is 0 Å². The van der Waals surface area contributed by atoms with Crippen LogP contribution in [-0.2, 0) is 4.79 Å². The number of hydrogen-bond donors (Lipinski definition) is 1. The predicted molar refractivity (Wildman–Crippen MR) is 109 cm³/mol. The minimum absolute atomic E-state index is 0.0728. The molecule has 1 saturated carbocycles.